The molecule has 22 rings (SSSR count). The summed E-state index contributed by atoms with van der Waals surface area (Å²) in [6.07, 6.45) is 0. The van der Waals surface area contributed by atoms with Crippen LogP contribution in [0.4, 0.5) is 0 Å². The molecular formula is C102H68N6. The molecule has 0 fully saturated rings. The summed E-state index contributed by atoms with van der Waals surface area (Å²) < 4.78 is 15.2. The first-order valence-electron chi connectivity index (χ1n) is 37.3. The minimum absolute atomic E-state index is 1.04. The Bertz CT molecular complexity index is 7410. The number of rotatable bonds is 11. The van der Waals surface area contributed by atoms with Gasteiger partial charge in [-0.15, -0.1) is 0 Å². The first-order valence-corrected chi connectivity index (χ1v) is 37.3. The van der Waals surface area contributed by atoms with Gasteiger partial charge in [0.25, 0.3) is 0 Å². The quantitative estimate of drug-likeness (QED) is 0.124. The molecule has 6 aromatic heterocycles. The van der Waals surface area contributed by atoms with E-state index < -0.39 is 0 Å². The Morgan fingerprint density at radius 1 is 0.148 bits per heavy atom. The molecule has 0 saturated carbocycles. The van der Waals surface area contributed by atoms with Crippen LogP contribution >= 0.6 is 0 Å². The van der Waals surface area contributed by atoms with Crippen molar-refractivity contribution in [1.82, 2.24) is 27.4 Å². The van der Waals surface area contributed by atoms with Crippen LogP contribution in [-0.4, -0.2) is 27.4 Å². The van der Waals surface area contributed by atoms with Crippen LogP contribution in [-0.2, 0) is 0 Å². The summed E-state index contributed by atoms with van der Waals surface area (Å²) >= 11 is 0. The maximum Gasteiger partial charge on any atom is 0.0788 e. The lowest BCUT2D eigenvalue weighted by atomic mass is 9.93. The van der Waals surface area contributed by atoms with Gasteiger partial charge in [0.15, 0.2) is 0 Å². The Morgan fingerprint density at radius 2 is 0.352 bits per heavy atom. The zero-order chi connectivity index (χ0) is 71.2. The summed E-state index contributed by atoms with van der Waals surface area (Å²) in [5, 5.41) is 12.0. The van der Waals surface area contributed by atoms with Crippen LogP contribution < -0.4 is 0 Å². The molecule has 108 heavy (non-hydrogen) atoms. The molecule has 0 radical (unpaired) electrons. The minimum Gasteiger partial charge on any atom is -0.307 e. The molecule has 0 aliphatic heterocycles. The Balaban J connectivity index is 0.876. The zero-order valence-electron chi connectivity index (χ0n) is 59.5. The van der Waals surface area contributed by atoms with Crippen molar-refractivity contribution in [3.05, 3.63) is 387 Å². The van der Waals surface area contributed by atoms with E-state index in [-0.39, 0.29) is 0 Å². The lowest BCUT2D eigenvalue weighted by molar-refractivity contribution is 1.06. The van der Waals surface area contributed by atoms with Crippen molar-refractivity contribution in [3.8, 4) is 90.0 Å². The third-order valence-corrected chi connectivity index (χ3v) is 22.9. The minimum atomic E-state index is 1.04. The van der Waals surface area contributed by atoms with Crippen molar-refractivity contribution in [2.24, 2.45) is 0 Å². The third-order valence-electron chi connectivity index (χ3n) is 22.9. The Labute approximate surface area is 623 Å². The number of nitrogens with zero attached hydrogens (tertiary/aromatic N) is 6. The summed E-state index contributed by atoms with van der Waals surface area (Å²) in [5.41, 5.74) is 31.6. The second-order valence-electron chi connectivity index (χ2n) is 28.8. The second-order valence-corrected chi connectivity index (χ2v) is 28.8. The molecule has 0 saturated heterocycles. The van der Waals surface area contributed by atoms with Crippen LogP contribution in [0, 0.1) is 13.8 Å². The van der Waals surface area contributed by atoms with Gasteiger partial charge in [-0.1, -0.05) is 249 Å². The molecule has 0 atom stereocenters. The molecule has 0 aliphatic carbocycles. The van der Waals surface area contributed by atoms with Crippen molar-refractivity contribution in [2.75, 3.05) is 0 Å². The molecule has 0 aliphatic rings. The number of aryl methyl sites for hydroxylation is 2. The molecule has 0 N–H and O–H groups in total. The van der Waals surface area contributed by atoms with E-state index in [2.05, 4.69) is 417 Å². The molecular weight excluding hydrogens is 1310 g/mol. The van der Waals surface area contributed by atoms with E-state index >= 15 is 0 Å². The van der Waals surface area contributed by atoms with Crippen molar-refractivity contribution >= 4 is 109 Å². The summed E-state index contributed by atoms with van der Waals surface area (Å²) in [4.78, 5) is 0. The van der Waals surface area contributed by atoms with Gasteiger partial charge in [0, 0.05) is 88.0 Å². The first-order chi connectivity index (χ1) is 53.5. The van der Waals surface area contributed by atoms with E-state index in [1.54, 1.807) is 0 Å². The molecule has 0 spiro atoms. The normalized spacial score (nSPS) is 12.0. The molecule has 6 heteroatoms. The molecule has 6 nitrogen and oxygen atoms in total. The predicted octanol–water partition coefficient (Wildman–Crippen LogP) is 26.9. The summed E-state index contributed by atoms with van der Waals surface area (Å²) in [6.45, 7) is 4.63. The highest BCUT2D eigenvalue weighted by atomic mass is 15.1. The fraction of sp³-hybridized carbons (Fsp3) is 0.0196. The van der Waals surface area contributed by atoms with Gasteiger partial charge in [-0.2, -0.15) is 0 Å². The highest BCUT2D eigenvalue weighted by Crippen LogP contribution is 2.49. The maximum absolute atomic E-state index is 2.58. The summed E-state index contributed by atoms with van der Waals surface area (Å²) in [7, 11) is 0. The fourth-order valence-electron chi connectivity index (χ4n) is 18.2. The highest BCUT2D eigenvalue weighted by molar-refractivity contribution is 6.26. The SMILES string of the molecule is Cc1c(-c2c(C)c3ccccc3n2-c2cc(-c3ccccc3)cc(-c3cc(-c4cc(-c5ccccc5)cc(-n5c6ccccc6c6ccc7c8ccccc8n(-c8ccccc8)c7c65)c4)cc(-n4c5ccccc5c5ccc6c7ccccc7n(-c7ccccc7)c6c54)c3)c2)n(-c2ccccc2)c2ccccc12. The molecule has 22 aromatic rings. The van der Waals surface area contributed by atoms with Crippen molar-refractivity contribution < 1.29 is 0 Å². The Kier molecular flexibility index (Phi) is 13.7. The van der Waals surface area contributed by atoms with E-state index in [0.717, 1.165) is 134 Å². The van der Waals surface area contributed by atoms with Gasteiger partial charge in [-0.3, -0.25) is 0 Å². The molecule has 0 bridgehead atoms. The number of hydrogen-bond donors (Lipinski definition) is 0. The van der Waals surface area contributed by atoms with Gasteiger partial charge in [0.2, 0.25) is 0 Å². The monoisotopic (exact) mass is 1380 g/mol. The second kappa shape index (κ2) is 24.2. The molecule has 0 unspecified atom stereocenters. The lowest BCUT2D eigenvalue weighted by Crippen LogP contribution is -2.04. The molecule has 506 valence electrons. The summed E-state index contributed by atoms with van der Waals surface area (Å²) in [6, 6.07) is 140. The standard InChI is InChI=1S/C102H68N6/c1-65-81-40-18-24-46-91(81)103(75-34-12-5-13-35-75)97(65)98-66(2)82-41-19-25-47-92(82)106(98)78-59-69(67-30-8-3-9-31-67)56-71(61-78)73-58-74(64-80(63-73)108-96-51-29-23-45-86(96)90-55-53-88-84-43-21-27-49-94(84)105(100(88)102(90)108)77-38-16-7-17-39-77)72-57-70(68-32-10-4-11-33-68)60-79(62-72)107-95-50-28-22-44-85(95)89-54-52-87-83-42-20-26-48-93(83)104(99(87)101(89)107)76-36-14-6-15-37-76/h3-64H,1-2H3. The predicted molar refractivity (Wildman–Crippen MR) is 454 cm³/mol. The summed E-state index contributed by atoms with van der Waals surface area (Å²) in [5.74, 6) is 0. The van der Waals surface area contributed by atoms with Crippen molar-refractivity contribution in [1.29, 1.82) is 0 Å². The van der Waals surface area contributed by atoms with E-state index in [1.165, 1.54) is 76.0 Å². The Morgan fingerprint density at radius 3 is 0.648 bits per heavy atom. The fourth-order valence-corrected chi connectivity index (χ4v) is 18.2. The average Bonchev–Trinajstić information content (AvgIpc) is 1.55. The highest BCUT2D eigenvalue weighted by Gasteiger charge is 2.29. The van der Waals surface area contributed by atoms with Gasteiger partial charge in [-0.25, -0.2) is 0 Å². The molecule has 16 aromatic carbocycles. The molecule has 0 amide bonds. The lowest BCUT2D eigenvalue weighted by Gasteiger charge is -2.20. The van der Waals surface area contributed by atoms with Gasteiger partial charge < -0.3 is 27.4 Å². The number of hydrogen-bond acceptors (Lipinski definition) is 0. The van der Waals surface area contributed by atoms with Gasteiger partial charge in [0.1, 0.15) is 0 Å². The largest absolute Gasteiger partial charge is 0.307 e. The van der Waals surface area contributed by atoms with E-state index in [4.69, 9.17) is 0 Å². The van der Waals surface area contributed by atoms with Crippen molar-refractivity contribution in [2.45, 2.75) is 13.8 Å². The third kappa shape index (κ3) is 9.27. The van der Waals surface area contributed by atoms with E-state index in [0.29, 0.717) is 0 Å². The number of aromatic nitrogens is 6. The van der Waals surface area contributed by atoms with Crippen LogP contribution in [0.1, 0.15) is 11.1 Å². The van der Waals surface area contributed by atoms with Gasteiger partial charge >= 0.3 is 0 Å². The smallest absolute Gasteiger partial charge is 0.0788 e. The average molecular weight is 1380 g/mol. The number of benzene rings is 16. The van der Waals surface area contributed by atoms with Gasteiger partial charge in [-0.05, 0) is 197 Å². The molecule has 6 heterocycles. The van der Waals surface area contributed by atoms with Crippen LogP contribution in [0.25, 0.3) is 199 Å². The van der Waals surface area contributed by atoms with Crippen LogP contribution in [0.2, 0.25) is 0 Å². The maximum atomic E-state index is 2.58. The number of fused-ring (bicyclic) bond motifs is 16. The van der Waals surface area contributed by atoms with E-state index in [1.807, 2.05) is 0 Å². The number of para-hydroxylation sites is 9. The van der Waals surface area contributed by atoms with Crippen LogP contribution in [0.15, 0.2) is 376 Å². The topological polar surface area (TPSA) is 29.6 Å². The van der Waals surface area contributed by atoms with Crippen LogP contribution in [0.5, 0.6) is 0 Å². The zero-order valence-corrected chi connectivity index (χ0v) is 59.5. The van der Waals surface area contributed by atoms with Gasteiger partial charge in [0.05, 0.1) is 66.6 Å². The first kappa shape index (κ1) is 61.3. The Hall–Kier alpha value is -14.2. The van der Waals surface area contributed by atoms with Crippen LogP contribution in [0.3, 0.4) is 0 Å². The van der Waals surface area contributed by atoms with E-state index in [9.17, 15) is 0 Å². The van der Waals surface area contributed by atoms with Crippen molar-refractivity contribution in [3.63, 3.8) is 0 Å².